The lowest BCUT2D eigenvalue weighted by Crippen LogP contribution is -2.23. The summed E-state index contributed by atoms with van der Waals surface area (Å²) in [5, 5.41) is 9.57. The van der Waals surface area contributed by atoms with Crippen LogP contribution in [0.5, 0.6) is 0 Å². The maximum absolute atomic E-state index is 7.57. The minimum atomic E-state index is 0.250. The fourth-order valence-electron chi connectivity index (χ4n) is 1.90. The first-order chi connectivity index (χ1) is 10.3. The summed E-state index contributed by atoms with van der Waals surface area (Å²) in [7, 11) is 0. The van der Waals surface area contributed by atoms with Gasteiger partial charge in [-0.15, -0.1) is 0 Å². The zero-order chi connectivity index (χ0) is 15.3. The molecule has 0 aliphatic heterocycles. The number of aliphatic hydroxyl groups is 1. The Balaban J connectivity index is 0.000000677. The Kier molecular flexibility index (Phi) is 9.13. The van der Waals surface area contributed by atoms with Crippen molar-refractivity contribution in [2.24, 2.45) is 0 Å². The van der Waals surface area contributed by atoms with Crippen molar-refractivity contribution in [2.45, 2.75) is 26.9 Å². The third-order valence-electron chi connectivity index (χ3n) is 2.72. The van der Waals surface area contributed by atoms with Crippen LogP contribution in [-0.4, -0.2) is 23.4 Å². The van der Waals surface area contributed by atoms with E-state index in [1.54, 1.807) is 6.92 Å². The van der Waals surface area contributed by atoms with Crippen molar-refractivity contribution in [3.05, 3.63) is 71.8 Å². The molecule has 2 rings (SSSR count). The monoisotopic (exact) mass is 287 g/mol. The van der Waals surface area contributed by atoms with Crippen LogP contribution in [0.15, 0.2) is 60.7 Å². The molecule has 0 aliphatic rings. The molecule has 2 aromatic rings. The first kappa shape index (κ1) is 17.4. The van der Waals surface area contributed by atoms with Gasteiger partial charge < -0.3 is 5.11 Å². The number of hydrogen-bond donors (Lipinski definition) is 1. The molecule has 1 N–H and O–H groups in total. The molecule has 0 unspecified atom stereocenters. The summed E-state index contributed by atoms with van der Waals surface area (Å²) in [5.74, 6) is 0. The number of rotatable bonds is 6. The topological polar surface area (TPSA) is 32.7 Å². The molecule has 0 amide bonds. The van der Waals surface area contributed by atoms with Gasteiger partial charge in [-0.25, -0.2) is 0 Å². The van der Waals surface area contributed by atoms with Gasteiger partial charge in [-0.3, -0.25) is 4.84 Å². The first-order valence-electron chi connectivity index (χ1n) is 7.36. The van der Waals surface area contributed by atoms with E-state index in [2.05, 4.69) is 48.5 Å². The maximum atomic E-state index is 7.57. The second-order valence-electron chi connectivity index (χ2n) is 4.50. The van der Waals surface area contributed by atoms with Gasteiger partial charge in [0.1, 0.15) is 0 Å². The average molecular weight is 287 g/mol. The minimum Gasteiger partial charge on any atom is -0.397 e. The lowest BCUT2D eigenvalue weighted by Gasteiger charge is -2.21. The zero-order valence-corrected chi connectivity index (χ0v) is 12.9. The highest BCUT2D eigenvalue weighted by molar-refractivity contribution is 5.16. The van der Waals surface area contributed by atoms with E-state index >= 15 is 0 Å². The van der Waals surface area contributed by atoms with Gasteiger partial charge in [0.2, 0.25) is 0 Å². The van der Waals surface area contributed by atoms with E-state index in [-0.39, 0.29) is 6.61 Å². The van der Waals surface area contributed by atoms with Crippen molar-refractivity contribution >= 4 is 0 Å². The third-order valence-corrected chi connectivity index (χ3v) is 2.72. The smallest absolute Gasteiger partial charge is 0.0657 e. The Hall–Kier alpha value is -1.68. The molecule has 0 radical (unpaired) electrons. The van der Waals surface area contributed by atoms with Gasteiger partial charge in [0.25, 0.3) is 0 Å². The maximum Gasteiger partial charge on any atom is 0.0657 e. The van der Waals surface area contributed by atoms with Gasteiger partial charge in [-0.1, -0.05) is 60.7 Å². The fraction of sp³-hybridized carbons (Fsp3) is 0.333. The van der Waals surface area contributed by atoms with Gasteiger partial charge >= 0.3 is 0 Å². The molecule has 0 bridgehead atoms. The first-order valence-corrected chi connectivity index (χ1v) is 7.36. The zero-order valence-electron chi connectivity index (χ0n) is 12.9. The second kappa shape index (κ2) is 11.0. The Morgan fingerprint density at radius 3 is 1.52 bits per heavy atom. The summed E-state index contributed by atoms with van der Waals surface area (Å²) < 4.78 is 0. The highest BCUT2D eigenvalue weighted by Crippen LogP contribution is 2.10. The molecule has 3 heteroatoms. The Bertz CT molecular complexity index is 418. The van der Waals surface area contributed by atoms with E-state index in [9.17, 15) is 0 Å². The largest absolute Gasteiger partial charge is 0.397 e. The molecule has 0 aromatic heterocycles. The normalized spacial score (nSPS) is 10.1. The number of hydrogen-bond acceptors (Lipinski definition) is 3. The Morgan fingerprint density at radius 1 is 0.810 bits per heavy atom. The van der Waals surface area contributed by atoms with Crippen molar-refractivity contribution < 1.29 is 9.94 Å². The summed E-state index contributed by atoms with van der Waals surface area (Å²) in [6.45, 7) is 6.26. The highest BCUT2D eigenvalue weighted by atomic mass is 16.7. The molecule has 0 aliphatic carbocycles. The summed E-state index contributed by atoms with van der Waals surface area (Å²) in [6, 6.07) is 20.8. The molecular weight excluding hydrogens is 262 g/mol. The predicted molar refractivity (Wildman–Crippen MR) is 86.5 cm³/mol. The molecule has 0 saturated heterocycles. The number of aliphatic hydroxyl groups excluding tert-OH is 1. The van der Waals surface area contributed by atoms with Gasteiger partial charge in [-0.05, 0) is 25.0 Å². The van der Waals surface area contributed by atoms with Crippen molar-refractivity contribution in [1.82, 2.24) is 5.06 Å². The van der Waals surface area contributed by atoms with Crippen LogP contribution >= 0.6 is 0 Å². The van der Waals surface area contributed by atoms with Crippen molar-refractivity contribution in [2.75, 3.05) is 13.2 Å². The fourth-order valence-corrected chi connectivity index (χ4v) is 1.90. The van der Waals surface area contributed by atoms with Crippen LogP contribution in [-0.2, 0) is 17.9 Å². The number of hydroxylamine groups is 2. The molecule has 0 atom stereocenters. The summed E-state index contributed by atoms with van der Waals surface area (Å²) in [4.78, 5) is 5.68. The third kappa shape index (κ3) is 7.61. The second-order valence-corrected chi connectivity index (χ2v) is 4.50. The molecule has 0 saturated carbocycles. The Morgan fingerprint density at radius 2 is 1.19 bits per heavy atom. The summed E-state index contributed by atoms with van der Waals surface area (Å²) in [5.41, 5.74) is 2.53. The van der Waals surface area contributed by atoms with E-state index in [0.717, 1.165) is 13.1 Å². The SMILES string of the molecule is CCO.CCON(Cc1ccccc1)Cc1ccccc1. The van der Waals surface area contributed by atoms with Crippen LogP contribution in [0.1, 0.15) is 25.0 Å². The van der Waals surface area contributed by atoms with Crippen LogP contribution in [0.4, 0.5) is 0 Å². The molecule has 2 aromatic carbocycles. The lowest BCUT2D eigenvalue weighted by atomic mass is 10.2. The van der Waals surface area contributed by atoms with Gasteiger partial charge in [0.15, 0.2) is 0 Å². The van der Waals surface area contributed by atoms with Crippen LogP contribution in [0.25, 0.3) is 0 Å². The van der Waals surface area contributed by atoms with E-state index in [1.807, 2.05) is 24.1 Å². The number of nitrogens with zero attached hydrogens (tertiary/aromatic N) is 1. The highest BCUT2D eigenvalue weighted by Gasteiger charge is 2.06. The van der Waals surface area contributed by atoms with Crippen molar-refractivity contribution in [1.29, 1.82) is 0 Å². The summed E-state index contributed by atoms with van der Waals surface area (Å²) >= 11 is 0. The summed E-state index contributed by atoms with van der Waals surface area (Å²) in [6.07, 6.45) is 0. The lowest BCUT2D eigenvalue weighted by molar-refractivity contribution is -0.169. The molecule has 114 valence electrons. The van der Waals surface area contributed by atoms with Crippen LogP contribution < -0.4 is 0 Å². The van der Waals surface area contributed by atoms with Crippen LogP contribution in [0.3, 0.4) is 0 Å². The minimum absolute atomic E-state index is 0.250. The van der Waals surface area contributed by atoms with Gasteiger partial charge in [-0.2, -0.15) is 5.06 Å². The van der Waals surface area contributed by atoms with E-state index in [0.29, 0.717) is 6.61 Å². The number of benzene rings is 2. The molecule has 0 fully saturated rings. The molecule has 3 nitrogen and oxygen atoms in total. The standard InChI is InChI=1S/C16H19NO.C2H6O/c1-2-18-17(13-15-9-5-3-6-10-15)14-16-11-7-4-8-12-16;1-2-3/h3-12H,2,13-14H2,1H3;3H,2H2,1H3. The predicted octanol–water partition coefficient (Wildman–Crippen LogP) is 3.64. The van der Waals surface area contributed by atoms with E-state index in [4.69, 9.17) is 9.94 Å². The molecule has 0 heterocycles. The van der Waals surface area contributed by atoms with Crippen LogP contribution in [0, 0.1) is 0 Å². The van der Waals surface area contributed by atoms with E-state index < -0.39 is 0 Å². The average Bonchev–Trinajstić information content (AvgIpc) is 2.50. The van der Waals surface area contributed by atoms with Gasteiger partial charge in [0, 0.05) is 19.7 Å². The molecule has 21 heavy (non-hydrogen) atoms. The van der Waals surface area contributed by atoms with Crippen molar-refractivity contribution in [3.63, 3.8) is 0 Å². The Labute approximate surface area is 127 Å². The van der Waals surface area contributed by atoms with E-state index in [1.165, 1.54) is 11.1 Å². The van der Waals surface area contributed by atoms with Crippen molar-refractivity contribution in [3.8, 4) is 0 Å². The molecule has 0 spiro atoms. The van der Waals surface area contributed by atoms with Crippen LogP contribution in [0.2, 0.25) is 0 Å². The molecular formula is C18H25NO2. The van der Waals surface area contributed by atoms with Gasteiger partial charge in [0.05, 0.1) is 6.61 Å². The quantitative estimate of drug-likeness (QED) is 0.823.